The van der Waals surface area contributed by atoms with Crippen molar-refractivity contribution in [3.8, 4) is 11.5 Å². The third kappa shape index (κ3) is 5.42. The second-order valence-corrected chi connectivity index (χ2v) is 7.22. The van der Waals surface area contributed by atoms with E-state index in [9.17, 15) is 9.59 Å². The maximum atomic E-state index is 12.3. The number of hydrogen-bond donors (Lipinski definition) is 3. The summed E-state index contributed by atoms with van der Waals surface area (Å²) < 4.78 is 10.7. The highest BCUT2D eigenvalue weighted by Crippen LogP contribution is 2.32. The molecular weight excluding hydrogens is 384 g/mol. The van der Waals surface area contributed by atoms with Crippen molar-refractivity contribution < 1.29 is 24.0 Å². The van der Waals surface area contributed by atoms with Gasteiger partial charge in [-0.05, 0) is 56.3 Å². The highest BCUT2D eigenvalue weighted by molar-refractivity contribution is 5.95. The fourth-order valence-corrected chi connectivity index (χ4v) is 3.39. The fourth-order valence-electron chi connectivity index (χ4n) is 3.39. The first-order valence-electron chi connectivity index (χ1n) is 10.1. The normalized spacial score (nSPS) is 12.9. The molecule has 3 rings (SSSR count). The molecule has 3 N–H and O–H groups in total. The first-order chi connectivity index (χ1) is 14.5. The van der Waals surface area contributed by atoms with E-state index in [4.69, 9.17) is 9.47 Å². The van der Waals surface area contributed by atoms with Crippen LogP contribution in [0.1, 0.15) is 29.8 Å². The highest BCUT2D eigenvalue weighted by Gasteiger charge is 2.16. The van der Waals surface area contributed by atoms with Gasteiger partial charge in [-0.3, -0.25) is 20.4 Å². The minimum atomic E-state index is -0.345. The van der Waals surface area contributed by atoms with Crippen molar-refractivity contribution in [2.24, 2.45) is 0 Å². The molecule has 1 unspecified atom stereocenters. The Labute approximate surface area is 176 Å². The van der Waals surface area contributed by atoms with E-state index in [0.717, 1.165) is 40.7 Å². The molecule has 0 radical (unpaired) electrons. The van der Waals surface area contributed by atoms with E-state index in [-0.39, 0.29) is 25.2 Å². The summed E-state index contributed by atoms with van der Waals surface area (Å²) in [7, 11) is 1.91. The molecule has 0 aromatic heterocycles. The topological polar surface area (TPSA) is 84.3 Å². The molecule has 0 fully saturated rings. The summed E-state index contributed by atoms with van der Waals surface area (Å²) in [5, 5.41) is 0. The van der Waals surface area contributed by atoms with Gasteiger partial charge in [-0.25, -0.2) is 0 Å². The Bertz CT molecular complexity index is 881. The van der Waals surface area contributed by atoms with Gasteiger partial charge in [-0.1, -0.05) is 0 Å². The Morgan fingerprint density at radius 3 is 2.40 bits per heavy atom. The second-order valence-electron chi connectivity index (χ2n) is 7.22. The molecule has 0 spiro atoms. The van der Waals surface area contributed by atoms with E-state index in [1.165, 1.54) is 0 Å². The van der Waals surface area contributed by atoms with E-state index in [1.807, 2.05) is 37.4 Å². The first kappa shape index (κ1) is 21.4. The Morgan fingerprint density at radius 2 is 1.70 bits per heavy atom. The molecular formula is C22H29N4O4+. The summed E-state index contributed by atoms with van der Waals surface area (Å²) in [6.07, 6.45) is 0. The van der Waals surface area contributed by atoms with E-state index in [1.54, 1.807) is 12.1 Å². The molecule has 1 aliphatic rings. The lowest BCUT2D eigenvalue weighted by atomic mass is 10.2. The third-order valence-electron chi connectivity index (χ3n) is 4.98. The minimum Gasteiger partial charge on any atom is -0.454 e. The van der Waals surface area contributed by atoms with Gasteiger partial charge in [0.25, 0.3) is 11.8 Å². The smallest absolute Gasteiger partial charge is 0.293 e. The Balaban J connectivity index is 1.45. The van der Waals surface area contributed by atoms with Crippen molar-refractivity contribution in [3.05, 3.63) is 53.6 Å². The molecule has 8 heteroatoms. The lowest BCUT2D eigenvalue weighted by molar-refractivity contribution is -0.885. The van der Waals surface area contributed by atoms with Gasteiger partial charge in [0.1, 0.15) is 6.54 Å². The Morgan fingerprint density at radius 1 is 1.00 bits per heavy atom. The average molecular weight is 413 g/mol. The van der Waals surface area contributed by atoms with Crippen molar-refractivity contribution in [2.75, 3.05) is 38.4 Å². The SMILES string of the molecule is CCN(CC)c1ccc(C(=O)NNC(=O)C[NH+](C)Cc2ccc3c(c2)OCO3)cc1. The summed E-state index contributed by atoms with van der Waals surface area (Å²) in [4.78, 5) is 27.6. The van der Waals surface area contributed by atoms with Gasteiger partial charge in [0.05, 0.1) is 7.05 Å². The summed E-state index contributed by atoms with van der Waals surface area (Å²) in [6, 6.07) is 13.1. The molecule has 0 saturated carbocycles. The number of amides is 2. The number of anilines is 1. The molecule has 1 atom stereocenters. The van der Waals surface area contributed by atoms with Crippen LogP contribution in [0.2, 0.25) is 0 Å². The molecule has 30 heavy (non-hydrogen) atoms. The highest BCUT2D eigenvalue weighted by atomic mass is 16.7. The van der Waals surface area contributed by atoms with Gasteiger partial charge in [0, 0.05) is 29.9 Å². The van der Waals surface area contributed by atoms with E-state index >= 15 is 0 Å². The van der Waals surface area contributed by atoms with Crippen molar-refractivity contribution in [1.29, 1.82) is 0 Å². The molecule has 0 aliphatic carbocycles. The van der Waals surface area contributed by atoms with Crippen LogP contribution in [0.3, 0.4) is 0 Å². The van der Waals surface area contributed by atoms with Crippen LogP contribution in [0.4, 0.5) is 5.69 Å². The zero-order chi connectivity index (χ0) is 21.5. The standard InChI is InChI=1S/C22H28N4O4/c1-4-26(5-2)18-9-7-17(8-10-18)22(28)24-23-21(27)14-25(3)13-16-6-11-19-20(12-16)30-15-29-19/h6-12H,4-5,13-15H2,1-3H3,(H,23,27)(H,24,28)/p+1. The molecule has 1 heterocycles. The van der Waals surface area contributed by atoms with Crippen LogP contribution in [0.15, 0.2) is 42.5 Å². The number of likely N-dealkylation sites (N-methyl/N-ethyl adjacent to an activating group) is 1. The van der Waals surface area contributed by atoms with Crippen LogP contribution in [-0.4, -0.2) is 45.3 Å². The van der Waals surface area contributed by atoms with Crippen LogP contribution in [0, 0.1) is 0 Å². The number of carbonyl (C=O) groups is 2. The van der Waals surface area contributed by atoms with Gasteiger partial charge in [-0.2, -0.15) is 0 Å². The quantitative estimate of drug-likeness (QED) is 0.556. The average Bonchev–Trinajstić information content (AvgIpc) is 3.21. The summed E-state index contributed by atoms with van der Waals surface area (Å²) in [5.74, 6) is 0.857. The molecule has 2 aromatic rings. The van der Waals surface area contributed by atoms with Crippen molar-refractivity contribution in [2.45, 2.75) is 20.4 Å². The van der Waals surface area contributed by atoms with E-state index in [0.29, 0.717) is 12.1 Å². The predicted octanol–water partition coefficient (Wildman–Crippen LogP) is 0.737. The van der Waals surface area contributed by atoms with Crippen LogP contribution in [0.5, 0.6) is 11.5 Å². The maximum Gasteiger partial charge on any atom is 0.293 e. The van der Waals surface area contributed by atoms with E-state index < -0.39 is 0 Å². The van der Waals surface area contributed by atoms with Gasteiger partial charge in [0.2, 0.25) is 6.79 Å². The lowest BCUT2D eigenvalue weighted by Crippen LogP contribution is -3.09. The monoisotopic (exact) mass is 413 g/mol. The second kappa shape index (κ2) is 9.98. The lowest BCUT2D eigenvalue weighted by Gasteiger charge is -2.21. The number of nitrogens with zero attached hydrogens (tertiary/aromatic N) is 1. The number of benzene rings is 2. The Hall–Kier alpha value is -3.26. The number of rotatable bonds is 8. The molecule has 1 aliphatic heterocycles. The van der Waals surface area contributed by atoms with Crippen LogP contribution < -0.4 is 30.1 Å². The number of quaternary nitrogens is 1. The molecule has 2 amide bonds. The van der Waals surface area contributed by atoms with Crippen LogP contribution in [-0.2, 0) is 11.3 Å². The Kier molecular flexibility index (Phi) is 7.13. The number of carbonyl (C=O) groups excluding carboxylic acids is 2. The molecule has 160 valence electrons. The zero-order valence-corrected chi connectivity index (χ0v) is 17.7. The van der Waals surface area contributed by atoms with Crippen LogP contribution >= 0.6 is 0 Å². The van der Waals surface area contributed by atoms with Crippen LogP contribution in [0.25, 0.3) is 0 Å². The van der Waals surface area contributed by atoms with Crippen molar-refractivity contribution in [1.82, 2.24) is 10.9 Å². The molecule has 2 aromatic carbocycles. The fraction of sp³-hybridized carbons (Fsp3) is 0.364. The van der Waals surface area contributed by atoms with Gasteiger partial charge in [0.15, 0.2) is 18.0 Å². The molecule has 0 bridgehead atoms. The minimum absolute atomic E-state index is 0.218. The van der Waals surface area contributed by atoms with Gasteiger partial charge >= 0.3 is 0 Å². The predicted molar refractivity (Wildman–Crippen MR) is 114 cm³/mol. The third-order valence-corrected chi connectivity index (χ3v) is 4.98. The number of hydrogen-bond acceptors (Lipinski definition) is 5. The van der Waals surface area contributed by atoms with Crippen molar-refractivity contribution in [3.63, 3.8) is 0 Å². The number of ether oxygens (including phenoxy) is 2. The number of nitrogens with one attached hydrogen (secondary N) is 3. The van der Waals surface area contributed by atoms with Gasteiger partial charge < -0.3 is 19.3 Å². The number of fused-ring (bicyclic) bond motifs is 1. The largest absolute Gasteiger partial charge is 0.454 e. The summed E-state index contributed by atoms with van der Waals surface area (Å²) in [5.41, 5.74) is 7.56. The van der Waals surface area contributed by atoms with Crippen molar-refractivity contribution >= 4 is 17.5 Å². The van der Waals surface area contributed by atoms with Gasteiger partial charge in [-0.15, -0.1) is 0 Å². The van der Waals surface area contributed by atoms with E-state index in [2.05, 4.69) is 29.6 Å². The molecule has 0 saturated heterocycles. The first-order valence-corrected chi connectivity index (χ1v) is 10.1. The maximum absolute atomic E-state index is 12.3. The summed E-state index contributed by atoms with van der Waals surface area (Å²) >= 11 is 0. The number of hydrazine groups is 1. The summed E-state index contributed by atoms with van der Waals surface area (Å²) in [6.45, 7) is 7.08. The zero-order valence-electron chi connectivity index (χ0n) is 17.7. The molecule has 8 nitrogen and oxygen atoms in total.